The summed E-state index contributed by atoms with van der Waals surface area (Å²) >= 11 is 3.31. The fourth-order valence-electron chi connectivity index (χ4n) is 1.53. The molecule has 1 aromatic carbocycles. The molecule has 0 aliphatic rings. The molecule has 2 aromatic rings. The van der Waals surface area contributed by atoms with Gasteiger partial charge in [-0.25, -0.2) is 4.39 Å². The second-order valence-corrected chi connectivity index (χ2v) is 5.51. The molecule has 1 unspecified atom stereocenters. The van der Waals surface area contributed by atoms with E-state index in [2.05, 4.69) is 26.1 Å². The topological polar surface area (TPSA) is 59.2 Å². The summed E-state index contributed by atoms with van der Waals surface area (Å²) in [5, 5.41) is 13.6. The van der Waals surface area contributed by atoms with E-state index < -0.39 is 6.10 Å². The standard InChI is InChI=1S/C13H14BrFN2O2/c1-7(2)11(18)6-12-16-13(17-19-12)9-5-8(15)3-4-10(9)14/h3-5,7,11,18H,6H2,1-2H3. The average Bonchev–Trinajstić information content (AvgIpc) is 2.80. The first-order chi connectivity index (χ1) is 8.97. The van der Waals surface area contributed by atoms with Crippen LogP contribution in [0.5, 0.6) is 0 Å². The Hall–Kier alpha value is -1.27. The van der Waals surface area contributed by atoms with E-state index in [-0.39, 0.29) is 18.2 Å². The van der Waals surface area contributed by atoms with E-state index in [9.17, 15) is 9.50 Å². The average molecular weight is 329 g/mol. The lowest BCUT2D eigenvalue weighted by Crippen LogP contribution is -2.17. The fraction of sp³-hybridized carbons (Fsp3) is 0.385. The number of aliphatic hydroxyl groups excluding tert-OH is 1. The molecule has 1 aromatic heterocycles. The third-order valence-electron chi connectivity index (χ3n) is 2.79. The first kappa shape index (κ1) is 14.1. The molecule has 0 bridgehead atoms. The van der Waals surface area contributed by atoms with Gasteiger partial charge in [0.2, 0.25) is 11.7 Å². The molecule has 4 nitrogen and oxygen atoms in total. The summed E-state index contributed by atoms with van der Waals surface area (Å²) in [6, 6.07) is 4.26. The molecule has 0 saturated heterocycles. The van der Waals surface area contributed by atoms with Gasteiger partial charge in [-0.15, -0.1) is 0 Å². The Kier molecular flexibility index (Phi) is 4.31. The summed E-state index contributed by atoms with van der Waals surface area (Å²) in [6.45, 7) is 3.82. The van der Waals surface area contributed by atoms with Gasteiger partial charge < -0.3 is 9.63 Å². The lowest BCUT2D eigenvalue weighted by atomic mass is 10.0. The van der Waals surface area contributed by atoms with Crippen LogP contribution in [0.15, 0.2) is 27.2 Å². The van der Waals surface area contributed by atoms with E-state index in [0.29, 0.717) is 21.8 Å². The molecule has 0 fully saturated rings. The number of benzene rings is 1. The Labute approximate surface area is 118 Å². The number of aliphatic hydroxyl groups is 1. The monoisotopic (exact) mass is 328 g/mol. The zero-order valence-electron chi connectivity index (χ0n) is 10.6. The molecule has 0 radical (unpaired) electrons. The Morgan fingerprint density at radius 1 is 1.42 bits per heavy atom. The normalized spacial score (nSPS) is 12.9. The van der Waals surface area contributed by atoms with Crippen LogP contribution in [-0.2, 0) is 6.42 Å². The van der Waals surface area contributed by atoms with Gasteiger partial charge in [-0.2, -0.15) is 4.98 Å². The summed E-state index contributed by atoms with van der Waals surface area (Å²) in [4.78, 5) is 4.17. The SMILES string of the molecule is CC(C)C(O)Cc1nc(-c2cc(F)ccc2Br)no1. The van der Waals surface area contributed by atoms with Crippen LogP contribution in [0.25, 0.3) is 11.4 Å². The Morgan fingerprint density at radius 3 is 2.84 bits per heavy atom. The predicted molar refractivity (Wildman–Crippen MR) is 71.9 cm³/mol. The van der Waals surface area contributed by atoms with Gasteiger partial charge in [0.15, 0.2) is 0 Å². The van der Waals surface area contributed by atoms with Crippen LogP contribution < -0.4 is 0 Å². The van der Waals surface area contributed by atoms with Crippen LogP contribution in [0, 0.1) is 11.7 Å². The van der Waals surface area contributed by atoms with Crippen LogP contribution in [0.4, 0.5) is 4.39 Å². The number of hydrogen-bond acceptors (Lipinski definition) is 4. The Bertz CT molecular complexity index is 572. The minimum Gasteiger partial charge on any atom is -0.392 e. The van der Waals surface area contributed by atoms with Crippen molar-refractivity contribution in [1.82, 2.24) is 10.1 Å². The van der Waals surface area contributed by atoms with Crippen molar-refractivity contribution in [2.75, 3.05) is 0 Å². The molecule has 0 amide bonds. The Morgan fingerprint density at radius 2 is 2.16 bits per heavy atom. The van der Waals surface area contributed by atoms with Gasteiger partial charge in [0.1, 0.15) is 5.82 Å². The van der Waals surface area contributed by atoms with E-state index in [4.69, 9.17) is 4.52 Å². The number of halogens is 2. The van der Waals surface area contributed by atoms with Crippen molar-refractivity contribution >= 4 is 15.9 Å². The maximum atomic E-state index is 13.2. The van der Waals surface area contributed by atoms with Gasteiger partial charge in [-0.05, 0) is 24.1 Å². The van der Waals surface area contributed by atoms with Crippen LogP contribution in [-0.4, -0.2) is 21.4 Å². The smallest absolute Gasteiger partial charge is 0.229 e. The molecule has 19 heavy (non-hydrogen) atoms. The molecule has 6 heteroatoms. The first-order valence-electron chi connectivity index (χ1n) is 5.93. The van der Waals surface area contributed by atoms with Gasteiger partial charge in [-0.3, -0.25) is 0 Å². The second-order valence-electron chi connectivity index (χ2n) is 4.65. The minimum atomic E-state index is -0.538. The quantitative estimate of drug-likeness (QED) is 0.936. The van der Waals surface area contributed by atoms with E-state index in [1.807, 2.05) is 13.8 Å². The summed E-state index contributed by atoms with van der Waals surface area (Å²) < 4.78 is 19.0. The second kappa shape index (κ2) is 5.79. The molecule has 0 aliphatic heterocycles. The molecule has 0 aliphatic carbocycles. The number of rotatable bonds is 4. The van der Waals surface area contributed by atoms with Crippen molar-refractivity contribution < 1.29 is 14.0 Å². The fourth-order valence-corrected chi connectivity index (χ4v) is 1.95. The summed E-state index contributed by atoms with van der Waals surface area (Å²) in [5.41, 5.74) is 0.522. The first-order valence-corrected chi connectivity index (χ1v) is 6.72. The molecule has 1 N–H and O–H groups in total. The number of aromatic nitrogens is 2. The summed E-state index contributed by atoms with van der Waals surface area (Å²) in [7, 11) is 0. The zero-order valence-corrected chi connectivity index (χ0v) is 12.2. The van der Waals surface area contributed by atoms with Crippen LogP contribution in [0.3, 0.4) is 0 Å². The molecule has 2 rings (SSSR count). The highest BCUT2D eigenvalue weighted by atomic mass is 79.9. The van der Waals surface area contributed by atoms with Crippen molar-refractivity contribution in [2.24, 2.45) is 5.92 Å². The van der Waals surface area contributed by atoms with Crippen molar-refractivity contribution in [2.45, 2.75) is 26.4 Å². The van der Waals surface area contributed by atoms with Crippen molar-refractivity contribution in [3.05, 3.63) is 34.4 Å². The van der Waals surface area contributed by atoms with Gasteiger partial charge in [0.25, 0.3) is 0 Å². The highest BCUT2D eigenvalue weighted by Crippen LogP contribution is 2.27. The van der Waals surface area contributed by atoms with E-state index >= 15 is 0 Å². The summed E-state index contributed by atoms with van der Waals surface area (Å²) in [5.74, 6) is 0.382. The van der Waals surface area contributed by atoms with E-state index in [0.717, 1.165) is 0 Å². The van der Waals surface area contributed by atoms with Crippen LogP contribution in [0.1, 0.15) is 19.7 Å². The molecule has 102 valence electrons. The molecular formula is C13H14BrFN2O2. The summed E-state index contributed by atoms with van der Waals surface area (Å²) in [6.07, 6.45) is -0.248. The minimum absolute atomic E-state index is 0.108. The van der Waals surface area contributed by atoms with Crippen LogP contribution >= 0.6 is 15.9 Å². The van der Waals surface area contributed by atoms with Gasteiger partial charge >= 0.3 is 0 Å². The lowest BCUT2D eigenvalue weighted by Gasteiger charge is -2.10. The zero-order chi connectivity index (χ0) is 14.0. The highest BCUT2D eigenvalue weighted by Gasteiger charge is 2.17. The molecule has 1 atom stereocenters. The third-order valence-corrected chi connectivity index (χ3v) is 3.48. The van der Waals surface area contributed by atoms with E-state index in [1.54, 1.807) is 6.07 Å². The van der Waals surface area contributed by atoms with Gasteiger partial charge in [0.05, 0.1) is 12.5 Å². The van der Waals surface area contributed by atoms with Crippen molar-refractivity contribution in [1.29, 1.82) is 0 Å². The number of hydrogen-bond donors (Lipinski definition) is 1. The van der Waals surface area contributed by atoms with Gasteiger partial charge in [0, 0.05) is 10.0 Å². The molecule has 0 spiro atoms. The molecular weight excluding hydrogens is 315 g/mol. The maximum absolute atomic E-state index is 13.2. The van der Waals surface area contributed by atoms with Crippen LogP contribution in [0.2, 0.25) is 0 Å². The maximum Gasteiger partial charge on any atom is 0.229 e. The lowest BCUT2D eigenvalue weighted by molar-refractivity contribution is 0.116. The Balaban J connectivity index is 2.23. The predicted octanol–water partition coefficient (Wildman–Crippen LogP) is 3.20. The van der Waals surface area contributed by atoms with Crippen molar-refractivity contribution in [3.8, 4) is 11.4 Å². The van der Waals surface area contributed by atoms with E-state index in [1.165, 1.54) is 12.1 Å². The van der Waals surface area contributed by atoms with Crippen molar-refractivity contribution in [3.63, 3.8) is 0 Å². The molecule has 0 saturated carbocycles. The molecule has 1 heterocycles. The number of nitrogens with zero attached hydrogens (tertiary/aromatic N) is 2. The highest BCUT2D eigenvalue weighted by molar-refractivity contribution is 9.10. The third kappa shape index (κ3) is 3.39. The van der Waals surface area contributed by atoms with Gasteiger partial charge in [-0.1, -0.05) is 34.9 Å². The largest absolute Gasteiger partial charge is 0.392 e.